The minimum absolute atomic E-state index is 0.515. The summed E-state index contributed by atoms with van der Waals surface area (Å²) in [6.07, 6.45) is 1.80. The molecule has 0 aliphatic rings. The van der Waals surface area contributed by atoms with Crippen LogP contribution in [-0.2, 0) is 13.5 Å². The second-order valence-corrected chi connectivity index (χ2v) is 7.72. The predicted molar refractivity (Wildman–Crippen MR) is 128 cm³/mol. The first-order valence-electron chi connectivity index (χ1n) is 10.6. The van der Waals surface area contributed by atoms with Gasteiger partial charge in [0, 0.05) is 12.7 Å². The van der Waals surface area contributed by atoms with Crippen LogP contribution >= 0.6 is 11.6 Å². The number of aryl methyl sites for hydroxylation is 2. The Bertz CT molecular complexity index is 1250. The number of benzene rings is 2. The zero-order valence-electron chi connectivity index (χ0n) is 18.6. The van der Waals surface area contributed by atoms with Crippen molar-refractivity contribution in [3.63, 3.8) is 0 Å². The van der Waals surface area contributed by atoms with E-state index in [4.69, 9.17) is 36.1 Å². The summed E-state index contributed by atoms with van der Waals surface area (Å²) >= 11 is 6.34. The normalized spacial score (nSPS) is 11.0. The summed E-state index contributed by atoms with van der Waals surface area (Å²) in [4.78, 5) is 9.79. The molecule has 4 aromatic rings. The Morgan fingerprint density at radius 2 is 1.88 bits per heavy atom. The maximum atomic E-state index is 6.34. The highest BCUT2D eigenvalue weighted by Gasteiger charge is 2.19. The highest BCUT2D eigenvalue weighted by molar-refractivity contribution is 6.32. The molecule has 0 unspecified atom stereocenters. The lowest BCUT2D eigenvalue weighted by Gasteiger charge is -2.13. The summed E-state index contributed by atoms with van der Waals surface area (Å²) in [5.41, 5.74) is 4.22. The third kappa shape index (κ3) is 4.21. The summed E-state index contributed by atoms with van der Waals surface area (Å²) in [6, 6.07) is 13.3. The summed E-state index contributed by atoms with van der Waals surface area (Å²) in [6.45, 7) is 4.65. The topological polar surface area (TPSA) is 74.1 Å². The first-order valence-corrected chi connectivity index (χ1v) is 11.0. The Morgan fingerprint density at radius 3 is 2.59 bits per heavy atom. The molecule has 1 N–H and O–H groups in total. The van der Waals surface area contributed by atoms with E-state index in [0.29, 0.717) is 29.0 Å². The Kier molecular flexibility index (Phi) is 6.46. The van der Waals surface area contributed by atoms with E-state index in [1.165, 1.54) is 0 Å². The lowest BCUT2D eigenvalue weighted by molar-refractivity contribution is 0.341. The second kappa shape index (κ2) is 9.44. The standard InChI is InChI=1S/C24H26ClN5O2/c1-5-9-18-21-22(30(3)29-18)24(26-15-12-13-20(31-4)17(25)14-15)28-23(27-21)16-10-7-8-11-19(16)32-6-2/h7-8,10-14H,5-6,9H2,1-4H3,(H,26,27,28). The fourth-order valence-electron chi connectivity index (χ4n) is 3.67. The van der Waals surface area contributed by atoms with Crippen molar-refractivity contribution in [1.82, 2.24) is 19.7 Å². The van der Waals surface area contributed by atoms with E-state index in [-0.39, 0.29) is 0 Å². The number of ether oxygens (including phenoxy) is 2. The zero-order valence-corrected chi connectivity index (χ0v) is 19.4. The van der Waals surface area contributed by atoms with E-state index in [1.54, 1.807) is 7.11 Å². The number of hydrogen-bond acceptors (Lipinski definition) is 6. The molecule has 2 aromatic carbocycles. The van der Waals surface area contributed by atoms with Gasteiger partial charge < -0.3 is 14.8 Å². The molecule has 4 rings (SSSR count). The van der Waals surface area contributed by atoms with Crippen LogP contribution in [0, 0.1) is 0 Å². The number of nitrogens with zero attached hydrogens (tertiary/aromatic N) is 4. The van der Waals surface area contributed by atoms with Crippen molar-refractivity contribution in [2.45, 2.75) is 26.7 Å². The molecule has 0 atom stereocenters. The third-order valence-corrected chi connectivity index (χ3v) is 5.38. The third-order valence-electron chi connectivity index (χ3n) is 5.08. The number of hydrogen-bond donors (Lipinski definition) is 1. The van der Waals surface area contributed by atoms with Crippen LogP contribution < -0.4 is 14.8 Å². The molecular weight excluding hydrogens is 426 g/mol. The number of para-hydroxylation sites is 1. The van der Waals surface area contributed by atoms with E-state index >= 15 is 0 Å². The first-order chi connectivity index (χ1) is 15.5. The van der Waals surface area contributed by atoms with Crippen LogP contribution in [0.5, 0.6) is 11.5 Å². The van der Waals surface area contributed by atoms with Gasteiger partial charge in [0.05, 0.1) is 30.0 Å². The molecule has 0 saturated heterocycles. The van der Waals surface area contributed by atoms with Crippen LogP contribution in [0.25, 0.3) is 22.4 Å². The molecule has 0 radical (unpaired) electrons. The van der Waals surface area contributed by atoms with Crippen molar-refractivity contribution in [2.75, 3.05) is 19.0 Å². The van der Waals surface area contributed by atoms with Gasteiger partial charge in [-0.1, -0.05) is 37.1 Å². The lowest BCUT2D eigenvalue weighted by atomic mass is 10.1. The summed E-state index contributed by atoms with van der Waals surface area (Å²) < 4.78 is 12.9. The molecule has 0 aliphatic carbocycles. The van der Waals surface area contributed by atoms with E-state index < -0.39 is 0 Å². The second-order valence-electron chi connectivity index (χ2n) is 7.32. The van der Waals surface area contributed by atoms with Crippen LogP contribution in [-0.4, -0.2) is 33.5 Å². The van der Waals surface area contributed by atoms with Crippen molar-refractivity contribution in [3.8, 4) is 22.9 Å². The summed E-state index contributed by atoms with van der Waals surface area (Å²) in [5, 5.41) is 8.64. The summed E-state index contributed by atoms with van der Waals surface area (Å²) in [5.74, 6) is 2.58. The van der Waals surface area contributed by atoms with Crippen LogP contribution in [0.3, 0.4) is 0 Å². The molecule has 166 valence electrons. The van der Waals surface area contributed by atoms with Gasteiger partial charge in [0.25, 0.3) is 0 Å². The molecule has 0 bridgehead atoms. The van der Waals surface area contributed by atoms with E-state index in [0.717, 1.165) is 46.6 Å². The fourth-order valence-corrected chi connectivity index (χ4v) is 3.93. The smallest absolute Gasteiger partial charge is 0.166 e. The van der Waals surface area contributed by atoms with Crippen molar-refractivity contribution < 1.29 is 9.47 Å². The number of methoxy groups -OCH3 is 1. The van der Waals surface area contributed by atoms with Gasteiger partial charge in [0.2, 0.25) is 0 Å². The molecule has 0 amide bonds. The Hall–Kier alpha value is -3.32. The van der Waals surface area contributed by atoms with Crippen molar-refractivity contribution >= 4 is 34.1 Å². The maximum Gasteiger partial charge on any atom is 0.166 e. The van der Waals surface area contributed by atoms with Gasteiger partial charge in [-0.15, -0.1) is 0 Å². The van der Waals surface area contributed by atoms with E-state index in [1.807, 2.05) is 61.1 Å². The molecule has 2 aromatic heterocycles. The number of rotatable bonds is 8. The van der Waals surface area contributed by atoms with Crippen molar-refractivity contribution in [1.29, 1.82) is 0 Å². The average molecular weight is 452 g/mol. The number of nitrogens with one attached hydrogen (secondary N) is 1. The quantitative estimate of drug-likeness (QED) is 0.365. The molecule has 32 heavy (non-hydrogen) atoms. The van der Waals surface area contributed by atoms with Crippen LogP contribution in [0.2, 0.25) is 5.02 Å². The lowest BCUT2D eigenvalue weighted by Crippen LogP contribution is -2.03. The SMILES string of the molecule is CCCc1nn(C)c2c(Nc3ccc(OC)c(Cl)c3)nc(-c3ccccc3OCC)nc12. The van der Waals surface area contributed by atoms with Crippen LogP contribution in [0.4, 0.5) is 11.5 Å². The van der Waals surface area contributed by atoms with Gasteiger partial charge in [-0.25, -0.2) is 9.97 Å². The maximum absolute atomic E-state index is 6.34. The van der Waals surface area contributed by atoms with Gasteiger partial charge in [-0.3, -0.25) is 4.68 Å². The Morgan fingerprint density at radius 1 is 1.06 bits per heavy atom. The highest BCUT2D eigenvalue weighted by atomic mass is 35.5. The van der Waals surface area contributed by atoms with Gasteiger partial charge >= 0.3 is 0 Å². The van der Waals surface area contributed by atoms with Crippen molar-refractivity contribution in [2.24, 2.45) is 7.05 Å². The largest absolute Gasteiger partial charge is 0.495 e. The van der Waals surface area contributed by atoms with Gasteiger partial charge in [0.1, 0.15) is 22.5 Å². The minimum Gasteiger partial charge on any atom is -0.495 e. The minimum atomic E-state index is 0.515. The average Bonchev–Trinajstić information content (AvgIpc) is 3.10. The molecule has 7 nitrogen and oxygen atoms in total. The molecule has 0 spiro atoms. The molecule has 2 heterocycles. The molecular formula is C24H26ClN5O2. The van der Waals surface area contributed by atoms with Crippen molar-refractivity contribution in [3.05, 3.63) is 53.2 Å². The zero-order chi connectivity index (χ0) is 22.7. The van der Waals surface area contributed by atoms with Crippen LogP contribution in [0.1, 0.15) is 26.0 Å². The van der Waals surface area contributed by atoms with Gasteiger partial charge in [-0.05, 0) is 43.7 Å². The Labute approximate surface area is 192 Å². The number of halogens is 1. The number of anilines is 2. The highest BCUT2D eigenvalue weighted by Crippen LogP contribution is 2.34. The summed E-state index contributed by atoms with van der Waals surface area (Å²) in [7, 11) is 3.50. The van der Waals surface area contributed by atoms with Crippen LogP contribution in [0.15, 0.2) is 42.5 Å². The molecule has 0 saturated carbocycles. The fraction of sp³-hybridized carbons (Fsp3) is 0.292. The van der Waals surface area contributed by atoms with E-state index in [2.05, 4.69) is 12.2 Å². The molecule has 8 heteroatoms. The molecule has 0 aliphatic heterocycles. The monoisotopic (exact) mass is 451 g/mol. The Balaban J connectivity index is 1.90. The number of aromatic nitrogens is 4. The number of fused-ring (bicyclic) bond motifs is 1. The first kappa shape index (κ1) is 21.9. The van der Waals surface area contributed by atoms with Gasteiger partial charge in [0.15, 0.2) is 11.6 Å². The molecule has 0 fully saturated rings. The van der Waals surface area contributed by atoms with Gasteiger partial charge in [-0.2, -0.15) is 5.10 Å². The predicted octanol–water partition coefficient (Wildman–Crippen LogP) is 5.79. The van der Waals surface area contributed by atoms with E-state index in [9.17, 15) is 0 Å².